The first-order chi connectivity index (χ1) is 8.38. The van der Waals surface area contributed by atoms with E-state index in [2.05, 4.69) is 25.8 Å². The molecule has 1 saturated heterocycles. The zero-order valence-corrected chi connectivity index (χ0v) is 9.50. The molecule has 1 aliphatic rings. The highest BCUT2D eigenvalue weighted by atomic mass is 16.5. The summed E-state index contributed by atoms with van der Waals surface area (Å²) < 4.78 is 7.23. The van der Waals surface area contributed by atoms with Crippen LogP contribution in [-0.2, 0) is 4.74 Å². The molecule has 7 nitrogen and oxygen atoms in total. The number of nitrogens with one attached hydrogen (secondary N) is 2. The third-order valence-corrected chi connectivity index (χ3v) is 3.00. The lowest BCUT2D eigenvalue weighted by Crippen LogP contribution is -2.34. The fraction of sp³-hybridized carbons (Fsp3) is 0.500. The molecule has 3 rings (SSSR count). The molecular weight excluding hydrogens is 220 g/mol. The molecule has 2 aromatic rings. The largest absolute Gasteiger partial charge is 0.378 e. The van der Waals surface area contributed by atoms with Gasteiger partial charge in [0, 0.05) is 32.6 Å². The van der Waals surface area contributed by atoms with Crippen LogP contribution in [0.25, 0.3) is 5.65 Å². The summed E-state index contributed by atoms with van der Waals surface area (Å²) in [4.78, 5) is 4.29. The van der Waals surface area contributed by atoms with E-state index in [9.17, 15) is 0 Å². The van der Waals surface area contributed by atoms with Gasteiger partial charge in [-0.1, -0.05) is 0 Å². The number of ether oxygens (including phenoxy) is 1. The zero-order chi connectivity index (χ0) is 11.7. The number of methoxy groups -OCH3 is 1. The second kappa shape index (κ2) is 4.27. The Labute approximate surface area is 98.2 Å². The molecule has 0 bridgehead atoms. The van der Waals surface area contributed by atoms with Gasteiger partial charge in [-0.25, -0.2) is 4.98 Å². The average molecular weight is 234 g/mol. The van der Waals surface area contributed by atoms with Crippen LogP contribution in [-0.4, -0.2) is 51.9 Å². The second-order valence-corrected chi connectivity index (χ2v) is 4.02. The van der Waals surface area contributed by atoms with E-state index in [4.69, 9.17) is 4.74 Å². The Morgan fingerprint density at radius 2 is 2.47 bits per heavy atom. The molecule has 2 aromatic heterocycles. The smallest absolute Gasteiger partial charge is 0.203 e. The molecule has 1 fully saturated rings. The van der Waals surface area contributed by atoms with Gasteiger partial charge in [0.15, 0.2) is 5.82 Å². The maximum absolute atomic E-state index is 5.39. The number of fused-ring (bicyclic) bond motifs is 1. The van der Waals surface area contributed by atoms with Crippen LogP contribution in [0.1, 0.15) is 0 Å². The fourth-order valence-corrected chi connectivity index (χ4v) is 2.08. The van der Waals surface area contributed by atoms with E-state index >= 15 is 0 Å². The minimum Gasteiger partial charge on any atom is -0.378 e. The Morgan fingerprint density at radius 3 is 3.35 bits per heavy atom. The van der Waals surface area contributed by atoms with Crippen molar-refractivity contribution in [2.24, 2.45) is 0 Å². The summed E-state index contributed by atoms with van der Waals surface area (Å²) in [5.41, 5.74) is 0.731. The van der Waals surface area contributed by atoms with Crippen molar-refractivity contribution in [3.63, 3.8) is 0 Å². The highest BCUT2D eigenvalue weighted by molar-refractivity contribution is 5.62. The van der Waals surface area contributed by atoms with E-state index in [0.717, 1.165) is 24.6 Å². The summed E-state index contributed by atoms with van der Waals surface area (Å²) in [6, 6.07) is 0.204. The first kappa shape index (κ1) is 10.4. The van der Waals surface area contributed by atoms with Gasteiger partial charge in [-0.3, -0.25) is 4.40 Å². The molecular formula is C10H14N6O. The molecule has 0 amide bonds. The SMILES string of the molecule is CO[C@H]1CNCC1Nc1nccn2cnnc12. The summed E-state index contributed by atoms with van der Waals surface area (Å²) in [6.07, 6.45) is 5.35. The highest BCUT2D eigenvalue weighted by Crippen LogP contribution is 2.14. The zero-order valence-electron chi connectivity index (χ0n) is 9.50. The molecule has 2 N–H and O–H groups in total. The molecule has 0 aromatic carbocycles. The third-order valence-electron chi connectivity index (χ3n) is 3.00. The maximum Gasteiger partial charge on any atom is 0.203 e. The lowest BCUT2D eigenvalue weighted by molar-refractivity contribution is 0.111. The van der Waals surface area contributed by atoms with Crippen LogP contribution in [0.4, 0.5) is 5.82 Å². The predicted octanol–water partition coefficient (Wildman–Crippen LogP) is -0.477. The quantitative estimate of drug-likeness (QED) is 0.747. The van der Waals surface area contributed by atoms with E-state index in [0.29, 0.717) is 0 Å². The lowest BCUT2D eigenvalue weighted by Gasteiger charge is -2.18. The van der Waals surface area contributed by atoms with Gasteiger partial charge >= 0.3 is 0 Å². The summed E-state index contributed by atoms with van der Waals surface area (Å²) in [7, 11) is 1.72. The average Bonchev–Trinajstić information content (AvgIpc) is 2.97. The summed E-state index contributed by atoms with van der Waals surface area (Å²) in [5, 5.41) is 14.5. The minimum atomic E-state index is 0.153. The molecule has 1 unspecified atom stereocenters. The van der Waals surface area contributed by atoms with Crippen molar-refractivity contribution in [3.05, 3.63) is 18.7 Å². The van der Waals surface area contributed by atoms with Crippen molar-refractivity contribution in [1.82, 2.24) is 24.9 Å². The van der Waals surface area contributed by atoms with Crippen LogP contribution in [0.5, 0.6) is 0 Å². The number of hydrogen-bond acceptors (Lipinski definition) is 6. The molecule has 3 heterocycles. The molecule has 2 atom stereocenters. The molecule has 0 saturated carbocycles. The molecule has 0 radical (unpaired) electrons. The van der Waals surface area contributed by atoms with Gasteiger partial charge < -0.3 is 15.4 Å². The number of aromatic nitrogens is 4. The number of rotatable bonds is 3. The molecule has 1 aliphatic heterocycles. The molecule has 0 spiro atoms. The van der Waals surface area contributed by atoms with Gasteiger partial charge in [-0.15, -0.1) is 10.2 Å². The van der Waals surface area contributed by atoms with E-state index in [1.54, 1.807) is 19.6 Å². The molecule has 0 aliphatic carbocycles. The van der Waals surface area contributed by atoms with Gasteiger partial charge in [0.25, 0.3) is 0 Å². The van der Waals surface area contributed by atoms with Crippen LogP contribution in [0.3, 0.4) is 0 Å². The monoisotopic (exact) mass is 234 g/mol. The topological polar surface area (TPSA) is 76.4 Å². The third kappa shape index (κ3) is 1.83. The van der Waals surface area contributed by atoms with Crippen molar-refractivity contribution < 1.29 is 4.74 Å². The van der Waals surface area contributed by atoms with Crippen molar-refractivity contribution in [3.8, 4) is 0 Å². The van der Waals surface area contributed by atoms with Crippen molar-refractivity contribution in [2.75, 3.05) is 25.5 Å². The molecule has 90 valence electrons. The molecule has 7 heteroatoms. The minimum absolute atomic E-state index is 0.153. The summed E-state index contributed by atoms with van der Waals surface area (Å²) in [6.45, 7) is 1.71. The van der Waals surface area contributed by atoms with Gasteiger partial charge in [0.1, 0.15) is 6.33 Å². The van der Waals surface area contributed by atoms with Crippen LogP contribution in [0, 0.1) is 0 Å². The van der Waals surface area contributed by atoms with E-state index < -0.39 is 0 Å². The van der Waals surface area contributed by atoms with Crippen LogP contribution in [0.2, 0.25) is 0 Å². The van der Waals surface area contributed by atoms with Crippen LogP contribution < -0.4 is 10.6 Å². The van der Waals surface area contributed by atoms with Gasteiger partial charge in [-0.2, -0.15) is 0 Å². The Balaban J connectivity index is 1.87. The Morgan fingerprint density at radius 1 is 1.53 bits per heavy atom. The van der Waals surface area contributed by atoms with Crippen molar-refractivity contribution in [2.45, 2.75) is 12.1 Å². The van der Waals surface area contributed by atoms with Crippen LogP contribution >= 0.6 is 0 Å². The predicted molar refractivity (Wildman–Crippen MR) is 61.9 cm³/mol. The van der Waals surface area contributed by atoms with Gasteiger partial charge in [0.05, 0.1) is 12.1 Å². The normalized spacial score (nSPS) is 24.3. The van der Waals surface area contributed by atoms with Gasteiger partial charge in [0.2, 0.25) is 5.65 Å². The Kier molecular flexibility index (Phi) is 2.62. The van der Waals surface area contributed by atoms with Crippen molar-refractivity contribution >= 4 is 11.5 Å². The van der Waals surface area contributed by atoms with E-state index in [1.807, 2.05) is 10.6 Å². The second-order valence-electron chi connectivity index (χ2n) is 4.02. The maximum atomic E-state index is 5.39. The number of anilines is 1. The fourth-order valence-electron chi connectivity index (χ4n) is 2.08. The number of hydrogen-bond donors (Lipinski definition) is 2. The van der Waals surface area contributed by atoms with E-state index in [1.165, 1.54) is 0 Å². The number of nitrogens with zero attached hydrogens (tertiary/aromatic N) is 4. The van der Waals surface area contributed by atoms with Gasteiger partial charge in [-0.05, 0) is 0 Å². The first-order valence-electron chi connectivity index (χ1n) is 5.53. The Hall–Kier alpha value is -1.73. The van der Waals surface area contributed by atoms with Crippen molar-refractivity contribution in [1.29, 1.82) is 0 Å². The molecule has 17 heavy (non-hydrogen) atoms. The first-order valence-corrected chi connectivity index (χ1v) is 5.53. The van der Waals surface area contributed by atoms with Crippen LogP contribution in [0.15, 0.2) is 18.7 Å². The summed E-state index contributed by atoms with van der Waals surface area (Å²) in [5.74, 6) is 0.737. The lowest BCUT2D eigenvalue weighted by atomic mass is 10.2. The highest BCUT2D eigenvalue weighted by Gasteiger charge is 2.27. The Bertz CT molecular complexity index is 512. The van der Waals surface area contributed by atoms with E-state index in [-0.39, 0.29) is 12.1 Å². The summed E-state index contributed by atoms with van der Waals surface area (Å²) >= 11 is 0. The standard InChI is InChI=1S/C10H14N6O/c1-17-8-5-11-4-7(8)14-9-10-15-13-6-16(10)3-2-12-9/h2-3,6-8,11H,4-5H2,1H3,(H,12,14)/t7?,8-/m0/s1.